The van der Waals surface area contributed by atoms with Crippen LogP contribution in [0.3, 0.4) is 0 Å². The maximum Gasteiger partial charge on any atom is 0.404 e. The van der Waals surface area contributed by atoms with Crippen LogP contribution < -0.4 is 10.0 Å². The van der Waals surface area contributed by atoms with Crippen molar-refractivity contribution in [1.29, 1.82) is 0 Å². The first kappa shape index (κ1) is 16.6. The molecule has 0 aliphatic heterocycles. The SMILES string of the molecule is O=C(O)NCc1c(NS(=O)(=O)C(F)F)ccc(F)c1Br. The third kappa shape index (κ3) is 4.00. The fraction of sp³-hybridized carbons (Fsp3) is 0.222. The van der Waals surface area contributed by atoms with E-state index in [0.717, 1.165) is 12.1 Å². The Bertz CT molecular complexity index is 624. The Morgan fingerprint density at radius 3 is 2.50 bits per heavy atom. The summed E-state index contributed by atoms with van der Waals surface area (Å²) in [6.45, 7) is -0.477. The lowest BCUT2D eigenvalue weighted by Gasteiger charge is -2.14. The van der Waals surface area contributed by atoms with Gasteiger partial charge in [0.25, 0.3) is 10.0 Å². The van der Waals surface area contributed by atoms with E-state index < -0.39 is 34.2 Å². The van der Waals surface area contributed by atoms with Gasteiger partial charge >= 0.3 is 11.9 Å². The van der Waals surface area contributed by atoms with Crippen molar-refractivity contribution in [3.63, 3.8) is 0 Å². The molecular weight excluding hydrogens is 369 g/mol. The molecule has 0 spiro atoms. The molecular formula is C9H8BrF3N2O4S. The largest absolute Gasteiger partial charge is 0.465 e. The summed E-state index contributed by atoms with van der Waals surface area (Å²) < 4.78 is 61.4. The van der Waals surface area contributed by atoms with E-state index in [1.165, 1.54) is 0 Å². The molecule has 1 aromatic carbocycles. The predicted octanol–water partition coefficient (Wildman–Crippen LogP) is 2.32. The average molecular weight is 377 g/mol. The average Bonchev–Trinajstić information content (AvgIpc) is 2.32. The van der Waals surface area contributed by atoms with Crippen molar-refractivity contribution in [3.05, 3.63) is 28.0 Å². The van der Waals surface area contributed by atoms with E-state index in [1.54, 1.807) is 4.72 Å². The Hall–Kier alpha value is -1.49. The normalized spacial score (nSPS) is 11.4. The van der Waals surface area contributed by atoms with Crippen molar-refractivity contribution in [3.8, 4) is 0 Å². The number of hydrogen-bond donors (Lipinski definition) is 3. The second kappa shape index (κ2) is 6.31. The summed E-state index contributed by atoms with van der Waals surface area (Å²) in [6.07, 6.45) is -1.44. The first-order valence-electron chi connectivity index (χ1n) is 4.88. The summed E-state index contributed by atoms with van der Waals surface area (Å²) in [6, 6.07) is 1.76. The lowest BCUT2D eigenvalue weighted by molar-refractivity contribution is 0.194. The van der Waals surface area contributed by atoms with Crippen LogP contribution in [0, 0.1) is 5.82 Å². The number of rotatable bonds is 5. The number of halogens is 4. The highest BCUT2D eigenvalue weighted by Crippen LogP contribution is 2.29. The molecule has 0 heterocycles. The van der Waals surface area contributed by atoms with E-state index in [1.807, 2.05) is 5.32 Å². The molecule has 0 radical (unpaired) electrons. The van der Waals surface area contributed by atoms with Crippen LogP contribution in [-0.2, 0) is 16.6 Å². The molecule has 11 heteroatoms. The number of anilines is 1. The van der Waals surface area contributed by atoms with Crippen molar-refractivity contribution in [2.45, 2.75) is 12.3 Å². The fourth-order valence-corrected chi connectivity index (χ4v) is 2.30. The number of alkyl halides is 2. The summed E-state index contributed by atoms with van der Waals surface area (Å²) in [5.41, 5.74) is -0.510. The number of sulfonamides is 1. The Labute approximate surface area is 120 Å². The van der Waals surface area contributed by atoms with Crippen LogP contribution in [0.25, 0.3) is 0 Å². The first-order chi connectivity index (χ1) is 9.15. The summed E-state index contributed by atoms with van der Waals surface area (Å²) in [5.74, 6) is -4.47. The van der Waals surface area contributed by atoms with Gasteiger partial charge in [0, 0.05) is 12.1 Å². The molecule has 0 atom stereocenters. The highest BCUT2D eigenvalue weighted by molar-refractivity contribution is 9.10. The molecule has 6 nitrogen and oxygen atoms in total. The molecule has 112 valence electrons. The van der Waals surface area contributed by atoms with E-state index >= 15 is 0 Å². The zero-order valence-corrected chi connectivity index (χ0v) is 11.9. The molecule has 3 N–H and O–H groups in total. The van der Waals surface area contributed by atoms with Gasteiger partial charge in [-0.1, -0.05) is 0 Å². The maximum absolute atomic E-state index is 13.3. The maximum atomic E-state index is 13.3. The number of carbonyl (C=O) groups is 1. The van der Waals surface area contributed by atoms with Crippen LogP contribution in [0.2, 0.25) is 0 Å². The molecule has 0 saturated heterocycles. The summed E-state index contributed by atoms with van der Waals surface area (Å²) >= 11 is 2.80. The zero-order chi connectivity index (χ0) is 15.5. The van der Waals surface area contributed by atoms with Crippen molar-refractivity contribution in [2.75, 3.05) is 4.72 Å². The molecule has 1 amide bonds. The highest BCUT2D eigenvalue weighted by atomic mass is 79.9. The van der Waals surface area contributed by atoms with Crippen LogP contribution in [0.15, 0.2) is 16.6 Å². The second-order valence-corrected chi connectivity index (χ2v) is 5.90. The van der Waals surface area contributed by atoms with Crippen LogP contribution in [0.1, 0.15) is 5.56 Å². The van der Waals surface area contributed by atoms with Crippen LogP contribution in [0.5, 0.6) is 0 Å². The van der Waals surface area contributed by atoms with Crippen molar-refractivity contribution < 1.29 is 31.5 Å². The van der Waals surface area contributed by atoms with Crippen LogP contribution >= 0.6 is 15.9 Å². The molecule has 0 saturated carbocycles. The molecule has 1 rings (SSSR count). The molecule has 0 aliphatic carbocycles. The van der Waals surface area contributed by atoms with Crippen molar-refractivity contribution >= 4 is 37.7 Å². The second-order valence-electron chi connectivity index (χ2n) is 3.45. The lowest BCUT2D eigenvalue weighted by atomic mass is 10.2. The summed E-state index contributed by atoms with van der Waals surface area (Å²) in [7, 11) is -4.94. The van der Waals surface area contributed by atoms with Gasteiger partial charge in [-0.3, -0.25) is 4.72 Å². The van der Waals surface area contributed by atoms with Gasteiger partial charge in [-0.05, 0) is 28.1 Å². The van der Waals surface area contributed by atoms with Gasteiger partial charge in [0.1, 0.15) is 5.82 Å². The number of benzene rings is 1. The van der Waals surface area contributed by atoms with Crippen LogP contribution in [-0.4, -0.2) is 25.4 Å². The standard InChI is InChI=1S/C9H8BrF3N2O4S/c10-7-4(3-14-9(16)17)6(2-1-5(7)11)15-20(18,19)8(12)13/h1-2,8,14-15H,3H2,(H,16,17). The first-order valence-corrected chi connectivity index (χ1v) is 7.22. The highest BCUT2D eigenvalue weighted by Gasteiger charge is 2.25. The smallest absolute Gasteiger partial charge is 0.404 e. The minimum absolute atomic E-state index is 0.156. The number of nitrogens with one attached hydrogen (secondary N) is 2. The number of carboxylic acid groups (broad SMARTS) is 1. The summed E-state index contributed by atoms with van der Waals surface area (Å²) in [4.78, 5) is 10.4. The summed E-state index contributed by atoms with van der Waals surface area (Å²) in [5, 5.41) is 10.4. The number of amides is 1. The van der Waals surface area contributed by atoms with Gasteiger partial charge in [0.2, 0.25) is 0 Å². The molecule has 20 heavy (non-hydrogen) atoms. The fourth-order valence-electron chi connectivity index (χ4n) is 1.22. The van der Waals surface area contributed by atoms with Crippen molar-refractivity contribution in [1.82, 2.24) is 5.32 Å². The third-order valence-electron chi connectivity index (χ3n) is 2.10. The third-order valence-corrected chi connectivity index (χ3v) is 3.93. The molecule has 0 aliphatic rings. The van der Waals surface area contributed by atoms with E-state index in [0.29, 0.717) is 0 Å². The quantitative estimate of drug-likeness (QED) is 0.734. The van der Waals surface area contributed by atoms with Gasteiger partial charge in [0.05, 0.1) is 10.2 Å². The monoisotopic (exact) mass is 376 g/mol. The van der Waals surface area contributed by atoms with E-state index in [9.17, 15) is 26.4 Å². The molecule has 1 aromatic rings. The Morgan fingerprint density at radius 1 is 1.40 bits per heavy atom. The molecule has 0 bridgehead atoms. The van der Waals surface area contributed by atoms with Gasteiger partial charge < -0.3 is 10.4 Å². The number of hydrogen-bond acceptors (Lipinski definition) is 3. The van der Waals surface area contributed by atoms with Gasteiger partial charge in [0.15, 0.2) is 0 Å². The van der Waals surface area contributed by atoms with E-state index in [-0.39, 0.29) is 15.7 Å². The molecule has 0 fully saturated rings. The van der Waals surface area contributed by atoms with Crippen molar-refractivity contribution in [2.24, 2.45) is 0 Å². The van der Waals surface area contributed by atoms with Gasteiger partial charge in [-0.25, -0.2) is 17.6 Å². The molecule has 0 unspecified atom stereocenters. The Balaban J connectivity index is 3.19. The van der Waals surface area contributed by atoms with Gasteiger partial charge in [-0.15, -0.1) is 0 Å². The van der Waals surface area contributed by atoms with Gasteiger partial charge in [-0.2, -0.15) is 8.78 Å². The lowest BCUT2D eigenvalue weighted by Crippen LogP contribution is -2.24. The topological polar surface area (TPSA) is 95.5 Å². The van der Waals surface area contributed by atoms with E-state index in [2.05, 4.69) is 15.9 Å². The zero-order valence-electron chi connectivity index (χ0n) is 9.53. The minimum atomic E-state index is -4.94. The minimum Gasteiger partial charge on any atom is -0.465 e. The van der Waals surface area contributed by atoms with Crippen LogP contribution in [0.4, 0.5) is 23.7 Å². The Morgan fingerprint density at radius 2 is 2.00 bits per heavy atom. The Kier molecular flexibility index (Phi) is 5.22. The van der Waals surface area contributed by atoms with E-state index in [4.69, 9.17) is 5.11 Å². The molecule has 0 aromatic heterocycles. The predicted molar refractivity (Wildman–Crippen MR) is 67.5 cm³/mol.